The first kappa shape index (κ1) is 22.1. The van der Waals surface area contributed by atoms with Gasteiger partial charge in [-0.25, -0.2) is 0 Å². The molecule has 1 fully saturated rings. The second-order valence-electron chi connectivity index (χ2n) is 8.53. The number of unbranched alkanes of at least 4 members (excludes halogenated alkanes) is 4. The van der Waals surface area contributed by atoms with Gasteiger partial charge in [0.05, 0.1) is 6.61 Å². The van der Waals surface area contributed by atoms with Gasteiger partial charge in [0.1, 0.15) is 5.75 Å². The smallest absolute Gasteiger partial charge is 0.119 e. The van der Waals surface area contributed by atoms with Crippen molar-refractivity contribution in [2.24, 2.45) is 11.8 Å². The molecule has 0 saturated heterocycles. The van der Waals surface area contributed by atoms with Crippen LogP contribution >= 0.6 is 0 Å². The molecule has 0 aromatic heterocycles. The zero-order valence-electron chi connectivity index (χ0n) is 17.9. The first-order chi connectivity index (χ1) is 13.3. The van der Waals surface area contributed by atoms with Gasteiger partial charge < -0.3 is 4.74 Å². The van der Waals surface area contributed by atoms with Crippen molar-refractivity contribution in [1.29, 1.82) is 0 Å². The van der Waals surface area contributed by atoms with Crippen molar-refractivity contribution in [3.63, 3.8) is 0 Å². The van der Waals surface area contributed by atoms with Gasteiger partial charge in [-0.15, -0.1) is 6.58 Å². The van der Waals surface area contributed by atoms with Crippen LogP contribution in [0.1, 0.15) is 102 Å². The molecule has 1 aliphatic carbocycles. The summed E-state index contributed by atoms with van der Waals surface area (Å²) in [5.41, 5.74) is 1.48. The van der Waals surface area contributed by atoms with E-state index in [4.69, 9.17) is 4.74 Å². The third kappa shape index (κ3) is 7.72. The molecule has 1 saturated carbocycles. The van der Waals surface area contributed by atoms with Crippen LogP contribution in [0.2, 0.25) is 0 Å². The Morgan fingerprint density at radius 2 is 1.67 bits per heavy atom. The molecule has 27 heavy (non-hydrogen) atoms. The minimum absolute atomic E-state index is 0.633. The Kier molecular flexibility index (Phi) is 10.6. The molecule has 1 aromatic rings. The standard InChI is InChI=1S/C26H42O/c1-4-7-8-9-10-21-27-25-19-17-24(18-20-25)26(12-6-3)23-15-13-22(11-5-2)14-16-23/h6,17-20,22-23,26H,3-5,7-16,21H2,1-2H3. The molecule has 0 amide bonds. The van der Waals surface area contributed by atoms with Crippen LogP contribution in [0, 0.1) is 11.8 Å². The topological polar surface area (TPSA) is 9.23 Å². The van der Waals surface area contributed by atoms with Crippen LogP contribution in [0.3, 0.4) is 0 Å². The minimum Gasteiger partial charge on any atom is -0.494 e. The summed E-state index contributed by atoms with van der Waals surface area (Å²) in [6.45, 7) is 9.46. The number of hydrogen-bond donors (Lipinski definition) is 0. The summed E-state index contributed by atoms with van der Waals surface area (Å²) in [5, 5.41) is 0. The predicted octanol–water partition coefficient (Wildman–Crippen LogP) is 8.30. The maximum Gasteiger partial charge on any atom is 0.119 e. The molecular weight excluding hydrogens is 328 g/mol. The summed E-state index contributed by atoms with van der Waals surface area (Å²) < 4.78 is 5.95. The van der Waals surface area contributed by atoms with E-state index in [9.17, 15) is 0 Å². The molecule has 0 bridgehead atoms. The quantitative estimate of drug-likeness (QED) is 0.250. The molecule has 0 radical (unpaired) electrons. The zero-order valence-corrected chi connectivity index (χ0v) is 17.9. The van der Waals surface area contributed by atoms with Crippen molar-refractivity contribution in [1.82, 2.24) is 0 Å². The van der Waals surface area contributed by atoms with Gasteiger partial charge in [0, 0.05) is 0 Å². The van der Waals surface area contributed by atoms with Gasteiger partial charge in [0.2, 0.25) is 0 Å². The molecule has 1 heteroatoms. The van der Waals surface area contributed by atoms with E-state index in [0.29, 0.717) is 5.92 Å². The van der Waals surface area contributed by atoms with Crippen LogP contribution in [0.5, 0.6) is 5.75 Å². The Morgan fingerprint density at radius 3 is 2.30 bits per heavy atom. The SMILES string of the molecule is C=CCC(c1ccc(OCCCCCCC)cc1)C1CCC(CCC)CC1. The monoisotopic (exact) mass is 370 g/mol. The van der Waals surface area contributed by atoms with Crippen LogP contribution in [0.15, 0.2) is 36.9 Å². The molecular formula is C26H42O. The lowest BCUT2D eigenvalue weighted by Gasteiger charge is -2.34. The van der Waals surface area contributed by atoms with Crippen LogP contribution in [-0.4, -0.2) is 6.61 Å². The van der Waals surface area contributed by atoms with Crippen molar-refractivity contribution in [2.45, 2.75) is 96.8 Å². The Hall–Kier alpha value is -1.24. The van der Waals surface area contributed by atoms with Gasteiger partial charge in [-0.2, -0.15) is 0 Å². The van der Waals surface area contributed by atoms with E-state index in [2.05, 4.69) is 50.8 Å². The van der Waals surface area contributed by atoms with Gasteiger partial charge in [-0.1, -0.05) is 83.4 Å². The lowest BCUT2D eigenvalue weighted by Crippen LogP contribution is -2.20. The van der Waals surface area contributed by atoms with Crippen LogP contribution in [0.4, 0.5) is 0 Å². The maximum absolute atomic E-state index is 5.95. The molecule has 1 unspecified atom stereocenters. The summed E-state index contributed by atoms with van der Waals surface area (Å²) >= 11 is 0. The van der Waals surface area contributed by atoms with Crippen molar-refractivity contribution in [3.05, 3.63) is 42.5 Å². The Balaban J connectivity index is 1.83. The fourth-order valence-corrected chi connectivity index (χ4v) is 4.77. The normalized spacial score (nSPS) is 21.0. The second kappa shape index (κ2) is 13.0. The highest BCUT2D eigenvalue weighted by Gasteiger charge is 2.27. The molecule has 2 rings (SSSR count). The largest absolute Gasteiger partial charge is 0.494 e. The summed E-state index contributed by atoms with van der Waals surface area (Å²) in [6, 6.07) is 8.97. The Morgan fingerprint density at radius 1 is 0.963 bits per heavy atom. The van der Waals surface area contributed by atoms with E-state index < -0.39 is 0 Å². The molecule has 152 valence electrons. The fourth-order valence-electron chi connectivity index (χ4n) is 4.77. The number of hydrogen-bond acceptors (Lipinski definition) is 1. The van der Waals surface area contributed by atoms with Gasteiger partial charge in [-0.05, 0) is 61.1 Å². The number of rotatable bonds is 13. The van der Waals surface area contributed by atoms with E-state index in [1.165, 1.54) is 76.2 Å². The van der Waals surface area contributed by atoms with Gasteiger partial charge in [0.25, 0.3) is 0 Å². The number of allylic oxidation sites excluding steroid dienone is 1. The molecule has 0 aliphatic heterocycles. The summed E-state index contributed by atoms with van der Waals surface area (Å²) in [6.07, 6.45) is 18.0. The van der Waals surface area contributed by atoms with Crippen molar-refractivity contribution < 1.29 is 4.74 Å². The number of benzene rings is 1. The van der Waals surface area contributed by atoms with Crippen LogP contribution < -0.4 is 4.74 Å². The maximum atomic E-state index is 5.95. The van der Waals surface area contributed by atoms with Crippen LogP contribution in [0.25, 0.3) is 0 Å². The van der Waals surface area contributed by atoms with E-state index in [1.54, 1.807) is 0 Å². The average Bonchev–Trinajstić information content (AvgIpc) is 2.70. The molecule has 1 aromatic carbocycles. The van der Waals surface area contributed by atoms with Crippen molar-refractivity contribution in [3.8, 4) is 5.75 Å². The average molecular weight is 371 g/mol. The molecule has 0 N–H and O–H groups in total. The Bertz CT molecular complexity index is 495. The third-order valence-electron chi connectivity index (χ3n) is 6.40. The summed E-state index contributed by atoms with van der Waals surface area (Å²) in [4.78, 5) is 0. The highest BCUT2D eigenvalue weighted by molar-refractivity contribution is 5.30. The predicted molar refractivity (Wildman–Crippen MR) is 119 cm³/mol. The summed E-state index contributed by atoms with van der Waals surface area (Å²) in [5.74, 6) is 3.46. The van der Waals surface area contributed by atoms with E-state index >= 15 is 0 Å². The van der Waals surface area contributed by atoms with E-state index in [-0.39, 0.29) is 0 Å². The molecule has 0 heterocycles. The van der Waals surface area contributed by atoms with Crippen LogP contribution in [-0.2, 0) is 0 Å². The van der Waals surface area contributed by atoms with Gasteiger partial charge >= 0.3 is 0 Å². The lowest BCUT2D eigenvalue weighted by molar-refractivity contribution is 0.232. The molecule has 1 aliphatic rings. The Labute approximate surface area is 168 Å². The van der Waals surface area contributed by atoms with Gasteiger partial charge in [0.15, 0.2) is 0 Å². The minimum atomic E-state index is 0.633. The van der Waals surface area contributed by atoms with E-state index in [1.807, 2.05) is 0 Å². The first-order valence-corrected chi connectivity index (χ1v) is 11.6. The van der Waals surface area contributed by atoms with Crippen molar-refractivity contribution in [2.75, 3.05) is 6.61 Å². The zero-order chi connectivity index (χ0) is 19.3. The highest BCUT2D eigenvalue weighted by atomic mass is 16.5. The second-order valence-corrected chi connectivity index (χ2v) is 8.53. The van der Waals surface area contributed by atoms with Crippen molar-refractivity contribution >= 4 is 0 Å². The number of ether oxygens (including phenoxy) is 1. The highest BCUT2D eigenvalue weighted by Crippen LogP contribution is 2.41. The molecule has 1 atom stereocenters. The molecule has 0 spiro atoms. The van der Waals surface area contributed by atoms with E-state index in [0.717, 1.165) is 30.6 Å². The first-order valence-electron chi connectivity index (χ1n) is 11.6. The third-order valence-corrected chi connectivity index (χ3v) is 6.40. The van der Waals surface area contributed by atoms with Gasteiger partial charge in [-0.3, -0.25) is 0 Å². The summed E-state index contributed by atoms with van der Waals surface area (Å²) in [7, 11) is 0. The lowest BCUT2D eigenvalue weighted by atomic mass is 9.71. The molecule has 1 nitrogen and oxygen atoms in total. The fraction of sp³-hybridized carbons (Fsp3) is 0.692.